The van der Waals surface area contributed by atoms with Crippen LogP contribution in [0.4, 0.5) is 5.00 Å². The molecule has 0 aromatic carbocycles. The topological polar surface area (TPSA) is 82.7 Å². The number of anilines is 1. The van der Waals surface area contributed by atoms with Crippen LogP contribution in [0.25, 0.3) is 0 Å². The zero-order valence-corrected chi connectivity index (χ0v) is 14.4. The summed E-state index contributed by atoms with van der Waals surface area (Å²) in [6, 6.07) is 4.16. The third kappa shape index (κ3) is 4.65. The van der Waals surface area contributed by atoms with Gasteiger partial charge in [-0.2, -0.15) is 10.4 Å². The lowest BCUT2D eigenvalue weighted by Crippen LogP contribution is -2.35. The van der Waals surface area contributed by atoms with Gasteiger partial charge in [0.25, 0.3) is 0 Å². The predicted octanol–water partition coefficient (Wildman–Crippen LogP) is 2.69. The summed E-state index contributed by atoms with van der Waals surface area (Å²) < 4.78 is 1.93. The summed E-state index contributed by atoms with van der Waals surface area (Å²) in [6.07, 6.45) is 4.21. The standard InChI is InChI=1S/C16H21N5OS/c1-11-9-19-21(10-11)13(3)12(2)18-6-4-15(22)20-16-14(8-17)5-7-23-16/h5,7,9-10,12-13,18H,4,6H2,1-3H3,(H,20,22)/t12-,13-/m0/s1. The second-order valence-electron chi connectivity index (χ2n) is 5.55. The number of aromatic nitrogens is 2. The number of nitrogens with one attached hydrogen (secondary N) is 2. The maximum Gasteiger partial charge on any atom is 0.226 e. The van der Waals surface area contributed by atoms with Gasteiger partial charge >= 0.3 is 0 Å². The molecule has 23 heavy (non-hydrogen) atoms. The highest BCUT2D eigenvalue weighted by Gasteiger charge is 2.15. The number of aryl methyl sites for hydroxylation is 1. The Kier molecular flexibility index (Phi) is 5.90. The van der Waals surface area contributed by atoms with E-state index in [1.54, 1.807) is 11.4 Å². The van der Waals surface area contributed by atoms with Gasteiger partial charge in [0.05, 0.1) is 17.8 Å². The number of amides is 1. The average molecular weight is 331 g/mol. The van der Waals surface area contributed by atoms with Crippen molar-refractivity contribution in [2.75, 3.05) is 11.9 Å². The molecule has 0 unspecified atom stereocenters. The molecule has 2 aromatic heterocycles. The summed E-state index contributed by atoms with van der Waals surface area (Å²) in [4.78, 5) is 11.9. The van der Waals surface area contributed by atoms with Gasteiger partial charge in [0, 0.05) is 25.2 Å². The van der Waals surface area contributed by atoms with Gasteiger partial charge in [0.2, 0.25) is 5.91 Å². The van der Waals surface area contributed by atoms with Gasteiger partial charge in [-0.15, -0.1) is 11.3 Å². The monoisotopic (exact) mass is 331 g/mol. The lowest BCUT2D eigenvalue weighted by molar-refractivity contribution is -0.116. The van der Waals surface area contributed by atoms with Crippen LogP contribution in [0.15, 0.2) is 23.8 Å². The fourth-order valence-corrected chi connectivity index (χ4v) is 2.91. The van der Waals surface area contributed by atoms with Gasteiger partial charge in [-0.05, 0) is 37.8 Å². The van der Waals surface area contributed by atoms with Crippen molar-refractivity contribution in [1.82, 2.24) is 15.1 Å². The van der Waals surface area contributed by atoms with E-state index in [9.17, 15) is 4.79 Å². The summed E-state index contributed by atoms with van der Waals surface area (Å²) in [5.74, 6) is -0.0914. The van der Waals surface area contributed by atoms with E-state index >= 15 is 0 Å². The molecule has 0 bridgehead atoms. The number of hydrogen-bond donors (Lipinski definition) is 2. The molecule has 6 nitrogen and oxygen atoms in total. The molecule has 2 rings (SSSR count). The van der Waals surface area contributed by atoms with E-state index in [1.807, 2.05) is 24.0 Å². The number of thiophene rings is 1. The molecule has 122 valence electrons. The number of carbonyl (C=O) groups excluding carboxylic acids is 1. The van der Waals surface area contributed by atoms with Crippen LogP contribution in [0.5, 0.6) is 0 Å². The van der Waals surface area contributed by atoms with E-state index < -0.39 is 0 Å². The molecule has 0 aliphatic carbocycles. The Morgan fingerprint density at radius 3 is 2.96 bits per heavy atom. The lowest BCUT2D eigenvalue weighted by atomic mass is 10.1. The van der Waals surface area contributed by atoms with E-state index in [4.69, 9.17) is 5.26 Å². The Hall–Kier alpha value is -2.17. The summed E-state index contributed by atoms with van der Waals surface area (Å²) in [6.45, 7) is 6.76. The quantitative estimate of drug-likeness (QED) is 0.817. The Morgan fingerprint density at radius 2 is 2.30 bits per heavy atom. The molecule has 2 heterocycles. The zero-order chi connectivity index (χ0) is 16.8. The molecule has 7 heteroatoms. The van der Waals surface area contributed by atoms with Crippen molar-refractivity contribution in [2.45, 2.75) is 39.3 Å². The van der Waals surface area contributed by atoms with E-state index in [1.165, 1.54) is 11.3 Å². The molecule has 0 saturated heterocycles. The van der Waals surface area contributed by atoms with Crippen molar-refractivity contribution in [3.05, 3.63) is 35.0 Å². The third-order valence-electron chi connectivity index (χ3n) is 3.73. The first-order chi connectivity index (χ1) is 11.0. The number of nitriles is 1. The van der Waals surface area contributed by atoms with E-state index in [0.717, 1.165) is 5.56 Å². The smallest absolute Gasteiger partial charge is 0.226 e. The van der Waals surface area contributed by atoms with Gasteiger partial charge in [-0.25, -0.2) is 0 Å². The van der Waals surface area contributed by atoms with Gasteiger partial charge in [0.15, 0.2) is 0 Å². The van der Waals surface area contributed by atoms with Crippen molar-refractivity contribution < 1.29 is 4.79 Å². The van der Waals surface area contributed by atoms with Crippen LogP contribution in [0, 0.1) is 18.3 Å². The second kappa shape index (κ2) is 7.90. The van der Waals surface area contributed by atoms with Crippen molar-refractivity contribution >= 4 is 22.2 Å². The molecular formula is C16H21N5OS. The largest absolute Gasteiger partial charge is 0.317 e. The molecule has 0 saturated carbocycles. The molecule has 2 atom stereocenters. The Morgan fingerprint density at radius 1 is 1.52 bits per heavy atom. The fraction of sp³-hybridized carbons (Fsp3) is 0.438. The molecule has 2 N–H and O–H groups in total. The SMILES string of the molecule is Cc1cnn([C@@H](C)[C@H](C)NCCC(=O)Nc2sccc2C#N)c1. The summed E-state index contributed by atoms with van der Waals surface area (Å²) in [5, 5.41) is 21.8. The molecule has 0 fully saturated rings. The van der Waals surface area contributed by atoms with Crippen LogP contribution in [0.3, 0.4) is 0 Å². The Labute approximate surface area is 140 Å². The highest BCUT2D eigenvalue weighted by atomic mass is 32.1. The van der Waals surface area contributed by atoms with Crippen molar-refractivity contribution in [2.24, 2.45) is 0 Å². The first-order valence-corrected chi connectivity index (χ1v) is 8.40. The molecular weight excluding hydrogens is 310 g/mol. The summed E-state index contributed by atoms with van der Waals surface area (Å²) in [7, 11) is 0. The minimum atomic E-state index is -0.0914. The summed E-state index contributed by atoms with van der Waals surface area (Å²) in [5.41, 5.74) is 1.64. The van der Waals surface area contributed by atoms with Gasteiger partial charge in [0.1, 0.15) is 11.1 Å². The number of nitrogens with zero attached hydrogens (tertiary/aromatic N) is 3. The van der Waals surface area contributed by atoms with Crippen LogP contribution >= 0.6 is 11.3 Å². The van der Waals surface area contributed by atoms with Crippen molar-refractivity contribution in [3.8, 4) is 6.07 Å². The fourth-order valence-electron chi connectivity index (χ4n) is 2.15. The van der Waals surface area contributed by atoms with E-state index in [2.05, 4.69) is 35.6 Å². The Bertz CT molecular complexity index is 699. The molecule has 2 aromatic rings. The first-order valence-electron chi connectivity index (χ1n) is 7.53. The van der Waals surface area contributed by atoms with Crippen LogP contribution in [0.2, 0.25) is 0 Å². The second-order valence-corrected chi connectivity index (χ2v) is 6.47. The molecule has 0 aliphatic heterocycles. The molecule has 0 aliphatic rings. The molecule has 0 radical (unpaired) electrons. The molecule has 1 amide bonds. The number of rotatable bonds is 7. The van der Waals surface area contributed by atoms with E-state index in [-0.39, 0.29) is 18.0 Å². The highest BCUT2D eigenvalue weighted by molar-refractivity contribution is 7.14. The van der Waals surface area contributed by atoms with Crippen LogP contribution in [-0.4, -0.2) is 28.3 Å². The zero-order valence-electron chi connectivity index (χ0n) is 13.5. The van der Waals surface area contributed by atoms with E-state index in [0.29, 0.717) is 23.5 Å². The summed E-state index contributed by atoms with van der Waals surface area (Å²) >= 11 is 1.36. The van der Waals surface area contributed by atoms with Crippen molar-refractivity contribution in [3.63, 3.8) is 0 Å². The molecule has 0 spiro atoms. The van der Waals surface area contributed by atoms with Gasteiger partial charge in [-0.3, -0.25) is 9.48 Å². The van der Waals surface area contributed by atoms with Crippen molar-refractivity contribution in [1.29, 1.82) is 5.26 Å². The lowest BCUT2D eigenvalue weighted by Gasteiger charge is -2.21. The average Bonchev–Trinajstić information content (AvgIpc) is 3.15. The highest BCUT2D eigenvalue weighted by Crippen LogP contribution is 2.22. The van der Waals surface area contributed by atoms with Crippen LogP contribution in [0.1, 0.15) is 37.4 Å². The first kappa shape index (κ1) is 17.2. The number of hydrogen-bond acceptors (Lipinski definition) is 5. The minimum Gasteiger partial charge on any atom is -0.317 e. The number of carbonyl (C=O) groups is 1. The van der Waals surface area contributed by atoms with Crippen LogP contribution < -0.4 is 10.6 Å². The predicted molar refractivity (Wildman–Crippen MR) is 91.4 cm³/mol. The maximum atomic E-state index is 11.9. The Balaban J connectivity index is 1.76. The third-order valence-corrected chi connectivity index (χ3v) is 4.56. The van der Waals surface area contributed by atoms with Gasteiger partial charge in [-0.1, -0.05) is 0 Å². The van der Waals surface area contributed by atoms with Gasteiger partial charge < -0.3 is 10.6 Å². The minimum absolute atomic E-state index is 0.0914. The maximum absolute atomic E-state index is 11.9. The van der Waals surface area contributed by atoms with Crippen LogP contribution in [-0.2, 0) is 4.79 Å². The normalized spacial score (nSPS) is 13.3.